The molecular weight excluding hydrogens is 243 g/mol. The number of nitrogens with zero attached hydrogens (tertiary/aromatic N) is 1. The first-order valence-electron chi connectivity index (χ1n) is 5.58. The Morgan fingerprint density at radius 2 is 2.12 bits per heavy atom. The maximum atomic E-state index is 5.99. The molecule has 0 aromatic heterocycles. The van der Waals surface area contributed by atoms with Crippen molar-refractivity contribution < 1.29 is 0 Å². The van der Waals surface area contributed by atoms with E-state index in [9.17, 15) is 0 Å². The van der Waals surface area contributed by atoms with Crippen LogP contribution in [0.4, 0.5) is 0 Å². The van der Waals surface area contributed by atoms with Crippen LogP contribution in [0.25, 0.3) is 0 Å². The molecule has 1 aliphatic heterocycles. The molecule has 1 atom stereocenters. The number of halogens is 2. The molecule has 0 spiro atoms. The van der Waals surface area contributed by atoms with Crippen LogP contribution in [-0.2, 0) is 6.54 Å². The highest BCUT2D eigenvalue weighted by Crippen LogP contribution is 2.25. The first-order chi connectivity index (χ1) is 7.70. The average molecular weight is 259 g/mol. The molecule has 88 valence electrons. The van der Waals surface area contributed by atoms with Crippen molar-refractivity contribution in [1.29, 1.82) is 0 Å². The molecular formula is C12H16Cl2N2. The molecule has 2 nitrogen and oxygen atoms in total. The van der Waals surface area contributed by atoms with Crippen molar-refractivity contribution in [3.8, 4) is 0 Å². The lowest BCUT2D eigenvalue weighted by molar-refractivity contribution is 0.250. The Morgan fingerprint density at radius 1 is 1.31 bits per heavy atom. The molecule has 1 aromatic carbocycles. The maximum Gasteiger partial charge on any atom is 0.0595 e. The van der Waals surface area contributed by atoms with Gasteiger partial charge in [0.25, 0.3) is 0 Å². The van der Waals surface area contributed by atoms with Crippen molar-refractivity contribution in [2.75, 3.05) is 13.1 Å². The van der Waals surface area contributed by atoms with Crippen LogP contribution in [0.1, 0.15) is 18.4 Å². The molecule has 4 heteroatoms. The summed E-state index contributed by atoms with van der Waals surface area (Å²) < 4.78 is 0. The van der Waals surface area contributed by atoms with E-state index in [2.05, 4.69) is 4.90 Å². The van der Waals surface area contributed by atoms with E-state index in [0.29, 0.717) is 16.1 Å². The second-order valence-electron chi connectivity index (χ2n) is 4.25. The number of nitrogens with two attached hydrogens (primary N) is 1. The normalized spacial score (nSPS) is 21.6. The van der Waals surface area contributed by atoms with E-state index in [4.69, 9.17) is 28.9 Å². The minimum atomic E-state index is 0.523. The monoisotopic (exact) mass is 258 g/mol. The fourth-order valence-electron chi connectivity index (χ4n) is 2.24. The summed E-state index contributed by atoms with van der Waals surface area (Å²) in [6.07, 6.45) is 2.45. The van der Waals surface area contributed by atoms with Gasteiger partial charge < -0.3 is 5.73 Å². The second-order valence-corrected chi connectivity index (χ2v) is 5.07. The van der Waals surface area contributed by atoms with E-state index < -0.39 is 0 Å². The van der Waals surface area contributed by atoms with Gasteiger partial charge in [0.15, 0.2) is 0 Å². The quantitative estimate of drug-likeness (QED) is 0.904. The highest BCUT2D eigenvalue weighted by atomic mass is 35.5. The van der Waals surface area contributed by atoms with Gasteiger partial charge in [-0.1, -0.05) is 29.3 Å². The Balaban J connectivity index is 2.05. The van der Waals surface area contributed by atoms with Crippen molar-refractivity contribution in [2.24, 2.45) is 5.73 Å². The number of hydrogen-bond donors (Lipinski definition) is 1. The number of hydrogen-bond acceptors (Lipinski definition) is 2. The fourth-order valence-corrected chi connectivity index (χ4v) is 2.56. The number of benzene rings is 1. The number of rotatable bonds is 3. The van der Waals surface area contributed by atoms with Gasteiger partial charge in [-0.3, -0.25) is 4.90 Å². The van der Waals surface area contributed by atoms with Crippen LogP contribution >= 0.6 is 23.2 Å². The summed E-state index contributed by atoms with van der Waals surface area (Å²) in [5.74, 6) is 0. The summed E-state index contributed by atoms with van der Waals surface area (Å²) in [6.45, 7) is 2.78. The Morgan fingerprint density at radius 3 is 2.81 bits per heavy atom. The van der Waals surface area contributed by atoms with Gasteiger partial charge in [-0.25, -0.2) is 0 Å². The molecule has 0 aliphatic carbocycles. The molecule has 1 fully saturated rings. The molecule has 0 radical (unpaired) electrons. The highest BCUT2D eigenvalue weighted by Gasteiger charge is 2.22. The summed E-state index contributed by atoms with van der Waals surface area (Å²) in [7, 11) is 0. The topological polar surface area (TPSA) is 29.3 Å². The van der Waals surface area contributed by atoms with Crippen molar-refractivity contribution in [3.05, 3.63) is 33.8 Å². The van der Waals surface area contributed by atoms with Gasteiger partial charge >= 0.3 is 0 Å². The Kier molecular flexibility index (Phi) is 4.09. The molecule has 0 saturated carbocycles. The van der Waals surface area contributed by atoms with Crippen LogP contribution in [-0.4, -0.2) is 24.0 Å². The van der Waals surface area contributed by atoms with Crippen molar-refractivity contribution in [1.82, 2.24) is 4.90 Å². The fraction of sp³-hybridized carbons (Fsp3) is 0.500. The first kappa shape index (κ1) is 12.2. The summed E-state index contributed by atoms with van der Waals surface area (Å²) in [5.41, 5.74) is 6.95. The number of likely N-dealkylation sites (tertiary alicyclic amines) is 1. The molecule has 1 saturated heterocycles. The zero-order chi connectivity index (χ0) is 11.5. The van der Waals surface area contributed by atoms with E-state index >= 15 is 0 Å². The Labute approximate surface area is 106 Å². The van der Waals surface area contributed by atoms with Gasteiger partial charge in [0.05, 0.1) is 10.0 Å². The predicted octanol–water partition coefficient (Wildman–Crippen LogP) is 2.92. The molecule has 16 heavy (non-hydrogen) atoms. The van der Waals surface area contributed by atoms with Crippen LogP contribution in [0.5, 0.6) is 0 Å². The van der Waals surface area contributed by atoms with Crippen LogP contribution in [0.2, 0.25) is 10.0 Å². The minimum absolute atomic E-state index is 0.523. The SMILES string of the molecule is NCC1CCCN1Cc1ccc(Cl)c(Cl)c1. The zero-order valence-corrected chi connectivity index (χ0v) is 10.6. The van der Waals surface area contributed by atoms with Crippen LogP contribution in [0, 0.1) is 0 Å². The van der Waals surface area contributed by atoms with Crippen molar-refractivity contribution in [3.63, 3.8) is 0 Å². The van der Waals surface area contributed by atoms with E-state index in [0.717, 1.165) is 19.6 Å². The summed E-state index contributed by atoms with van der Waals surface area (Å²) in [6, 6.07) is 6.34. The lowest BCUT2D eigenvalue weighted by atomic mass is 10.2. The van der Waals surface area contributed by atoms with E-state index in [1.165, 1.54) is 18.4 Å². The van der Waals surface area contributed by atoms with Gasteiger partial charge in [0, 0.05) is 19.1 Å². The van der Waals surface area contributed by atoms with Crippen LogP contribution in [0.3, 0.4) is 0 Å². The third-order valence-electron chi connectivity index (χ3n) is 3.14. The Bertz CT molecular complexity index is 368. The third kappa shape index (κ3) is 2.69. The lowest BCUT2D eigenvalue weighted by Gasteiger charge is -2.23. The van der Waals surface area contributed by atoms with E-state index in [-0.39, 0.29) is 0 Å². The molecule has 0 bridgehead atoms. The first-order valence-corrected chi connectivity index (χ1v) is 6.34. The van der Waals surface area contributed by atoms with Gasteiger partial charge in [-0.2, -0.15) is 0 Å². The molecule has 1 heterocycles. The average Bonchev–Trinajstić information content (AvgIpc) is 2.71. The molecule has 0 amide bonds. The second kappa shape index (κ2) is 5.37. The smallest absolute Gasteiger partial charge is 0.0595 e. The highest BCUT2D eigenvalue weighted by molar-refractivity contribution is 6.42. The molecule has 2 rings (SSSR count). The standard InChI is InChI=1S/C12H16Cl2N2/c13-11-4-3-9(6-12(11)14)8-16-5-1-2-10(16)7-15/h3-4,6,10H,1-2,5,7-8,15H2. The lowest BCUT2D eigenvalue weighted by Crippen LogP contribution is -2.34. The van der Waals surface area contributed by atoms with Crippen molar-refractivity contribution in [2.45, 2.75) is 25.4 Å². The Hall–Kier alpha value is -0.280. The van der Waals surface area contributed by atoms with E-state index in [1.807, 2.05) is 18.2 Å². The molecule has 1 aliphatic rings. The van der Waals surface area contributed by atoms with E-state index in [1.54, 1.807) is 0 Å². The summed E-state index contributed by atoms with van der Waals surface area (Å²) in [4.78, 5) is 2.42. The zero-order valence-electron chi connectivity index (χ0n) is 9.13. The predicted molar refractivity (Wildman–Crippen MR) is 68.9 cm³/mol. The van der Waals surface area contributed by atoms with Crippen LogP contribution < -0.4 is 5.73 Å². The van der Waals surface area contributed by atoms with Gasteiger partial charge in [0.1, 0.15) is 0 Å². The molecule has 1 unspecified atom stereocenters. The largest absolute Gasteiger partial charge is 0.329 e. The van der Waals surface area contributed by atoms with Gasteiger partial charge in [-0.05, 0) is 37.1 Å². The summed E-state index contributed by atoms with van der Waals surface area (Å²) in [5, 5.41) is 1.24. The minimum Gasteiger partial charge on any atom is -0.329 e. The van der Waals surface area contributed by atoms with Gasteiger partial charge in [0.2, 0.25) is 0 Å². The molecule has 1 aromatic rings. The van der Waals surface area contributed by atoms with Gasteiger partial charge in [-0.15, -0.1) is 0 Å². The van der Waals surface area contributed by atoms with Crippen LogP contribution in [0.15, 0.2) is 18.2 Å². The maximum absolute atomic E-state index is 5.99. The van der Waals surface area contributed by atoms with Crippen molar-refractivity contribution >= 4 is 23.2 Å². The molecule has 2 N–H and O–H groups in total. The third-order valence-corrected chi connectivity index (χ3v) is 3.88. The summed E-state index contributed by atoms with van der Waals surface area (Å²) >= 11 is 11.9.